The molecule has 12 aromatic carbocycles. The molecule has 81 heavy (non-hydrogen) atoms. The van der Waals surface area contributed by atoms with Crippen LogP contribution >= 0.6 is 0 Å². The standard InChI is InChI=1S/C75H46N4O2/c1-6-20-47(21-7-1)50-34-36-53(37-35-50)73-76-74(56-43-54(48-22-8-2-9-23-48)42-55(44-56)49-24-10-3-11-25-49)78-75(77-73)57-45-63(51-26-12-4-13-27-51)69(64(46-57)52-28-14-5-15-29-52)79-65-32-18-16-31-62(65)68-66(79)41-40-60-61-39-38-59-58-30-17-19-33-67(58)80-71(59)72(61)81-70(60)68/h1-46H. The Morgan fingerprint density at radius 2 is 0.642 bits per heavy atom. The summed E-state index contributed by atoms with van der Waals surface area (Å²) >= 11 is 0. The second-order valence-electron chi connectivity index (χ2n) is 20.6. The number of aromatic nitrogens is 4. The first-order valence-corrected chi connectivity index (χ1v) is 27.3. The highest BCUT2D eigenvalue weighted by molar-refractivity contribution is 6.27. The molecule has 0 bridgehead atoms. The van der Waals surface area contributed by atoms with Crippen LogP contribution in [0.15, 0.2) is 288 Å². The Hall–Kier alpha value is -11.0. The van der Waals surface area contributed by atoms with Crippen LogP contribution in [0.1, 0.15) is 0 Å². The molecular formula is C75H46N4O2. The lowest BCUT2D eigenvalue weighted by molar-refractivity contribution is 0.635. The molecule has 0 aliphatic carbocycles. The highest BCUT2D eigenvalue weighted by Gasteiger charge is 2.26. The van der Waals surface area contributed by atoms with E-state index in [4.69, 9.17) is 23.8 Å². The molecule has 0 saturated carbocycles. The van der Waals surface area contributed by atoms with Crippen LogP contribution < -0.4 is 0 Å². The average molecular weight is 1040 g/mol. The Kier molecular flexibility index (Phi) is 10.8. The molecule has 0 spiro atoms. The lowest BCUT2D eigenvalue weighted by Crippen LogP contribution is -2.04. The van der Waals surface area contributed by atoms with E-state index >= 15 is 0 Å². The van der Waals surface area contributed by atoms with Gasteiger partial charge in [0.25, 0.3) is 0 Å². The fraction of sp³-hybridized carbons (Fsp3) is 0. The van der Waals surface area contributed by atoms with Crippen LogP contribution in [-0.4, -0.2) is 19.5 Å². The molecule has 16 rings (SSSR count). The average Bonchev–Trinajstić information content (AvgIpc) is 4.44. The van der Waals surface area contributed by atoms with Crippen LogP contribution in [0.2, 0.25) is 0 Å². The third-order valence-corrected chi connectivity index (χ3v) is 15.8. The Balaban J connectivity index is 0.965. The van der Waals surface area contributed by atoms with Crippen molar-refractivity contribution in [3.8, 4) is 95.5 Å². The zero-order valence-corrected chi connectivity index (χ0v) is 43.7. The second-order valence-corrected chi connectivity index (χ2v) is 20.6. The molecule has 0 fully saturated rings. The minimum Gasteiger partial charge on any atom is -0.452 e. The van der Waals surface area contributed by atoms with Crippen LogP contribution in [0, 0.1) is 0 Å². The van der Waals surface area contributed by atoms with Gasteiger partial charge in [-0.3, -0.25) is 0 Å². The topological polar surface area (TPSA) is 69.9 Å². The number of fused-ring (bicyclic) bond motifs is 11. The fourth-order valence-corrected chi connectivity index (χ4v) is 12.0. The fourth-order valence-electron chi connectivity index (χ4n) is 12.0. The SMILES string of the molecule is c1ccc(-c2ccc(-c3nc(-c4cc(-c5ccccc5)cc(-c5ccccc5)c4)nc(-c4cc(-c5ccccc5)c(-n5c6ccccc6c6c7oc8c(ccc9c%10ccccc%10oc98)c7ccc65)c(-c5ccccc5)c4)n3)cc2)cc1. The first-order chi connectivity index (χ1) is 40.1. The molecule has 0 N–H and O–H groups in total. The van der Waals surface area contributed by atoms with Crippen molar-refractivity contribution >= 4 is 65.7 Å². The number of benzene rings is 12. The van der Waals surface area contributed by atoms with Gasteiger partial charge in [-0.05, 0) is 111 Å². The van der Waals surface area contributed by atoms with Gasteiger partial charge in [0.05, 0.1) is 22.1 Å². The molecule has 6 heteroatoms. The highest BCUT2D eigenvalue weighted by atomic mass is 16.4. The van der Waals surface area contributed by atoms with E-state index in [0.717, 1.165) is 144 Å². The normalized spacial score (nSPS) is 11.7. The molecule has 16 aromatic rings. The van der Waals surface area contributed by atoms with E-state index in [9.17, 15) is 0 Å². The molecule has 0 saturated heterocycles. The Morgan fingerprint density at radius 3 is 1.22 bits per heavy atom. The molecule has 0 aliphatic heterocycles. The van der Waals surface area contributed by atoms with Crippen LogP contribution in [0.4, 0.5) is 0 Å². The third kappa shape index (κ3) is 7.83. The van der Waals surface area contributed by atoms with Crippen molar-refractivity contribution in [1.82, 2.24) is 19.5 Å². The number of furan rings is 2. The first kappa shape index (κ1) is 46.2. The smallest absolute Gasteiger partial charge is 0.178 e. The van der Waals surface area contributed by atoms with Gasteiger partial charge >= 0.3 is 0 Å². The van der Waals surface area contributed by atoms with Gasteiger partial charge in [0.2, 0.25) is 0 Å². The van der Waals surface area contributed by atoms with Crippen molar-refractivity contribution in [2.24, 2.45) is 0 Å². The number of nitrogens with zero attached hydrogens (tertiary/aromatic N) is 4. The molecule has 0 amide bonds. The molecule has 4 aromatic heterocycles. The highest BCUT2D eigenvalue weighted by Crippen LogP contribution is 2.48. The summed E-state index contributed by atoms with van der Waals surface area (Å²) in [5.41, 5.74) is 19.6. The summed E-state index contributed by atoms with van der Waals surface area (Å²) in [6.07, 6.45) is 0. The van der Waals surface area contributed by atoms with E-state index in [2.05, 4.69) is 265 Å². The van der Waals surface area contributed by atoms with Gasteiger partial charge in [0.1, 0.15) is 11.2 Å². The van der Waals surface area contributed by atoms with Crippen LogP contribution in [0.3, 0.4) is 0 Å². The molecule has 378 valence electrons. The maximum atomic E-state index is 7.13. The number of hydrogen-bond acceptors (Lipinski definition) is 5. The van der Waals surface area contributed by atoms with Gasteiger partial charge in [-0.15, -0.1) is 0 Å². The summed E-state index contributed by atoms with van der Waals surface area (Å²) in [5.74, 6) is 1.70. The summed E-state index contributed by atoms with van der Waals surface area (Å²) in [4.78, 5) is 16.4. The predicted molar refractivity (Wildman–Crippen MR) is 332 cm³/mol. The number of hydrogen-bond donors (Lipinski definition) is 0. The Labute approximate surface area is 466 Å². The molecule has 4 heterocycles. The summed E-state index contributed by atoms with van der Waals surface area (Å²) in [6, 6.07) is 98.3. The predicted octanol–water partition coefficient (Wildman–Crippen LogP) is 20.1. The van der Waals surface area contributed by atoms with E-state index in [1.807, 2.05) is 18.2 Å². The Morgan fingerprint density at radius 1 is 0.247 bits per heavy atom. The lowest BCUT2D eigenvalue weighted by Gasteiger charge is -2.21. The van der Waals surface area contributed by atoms with Crippen molar-refractivity contribution < 1.29 is 8.83 Å². The summed E-state index contributed by atoms with van der Waals surface area (Å²) in [7, 11) is 0. The van der Waals surface area contributed by atoms with E-state index in [-0.39, 0.29) is 0 Å². The van der Waals surface area contributed by atoms with Crippen LogP contribution in [0.25, 0.3) is 161 Å². The van der Waals surface area contributed by atoms with Crippen molar-refractivity contribution in [2.75, 3.05) is 0 Å². The first-order valence-electron chi connectivity index (χ1n) is 27.3. The van der Waals surface area contributed by atoms with E-state index < -0.39 is 0 Å². The summed E-state index contributed by atoms with van der Waals surface area (Å²) in [6.45, 7) is 0. The van der Waals surface area contributed by atoms with Crippen molar-refractivity contribution in [3.63, 3.8) is 0 Å². The van der Waals surface area contributed by atoms with Gasteiger partial charge in [0, 0.05) is 54.7 Å². The molecular weight excluding hydrogens is 989 g/mol. The van der Waals surface area contributed by atoms with Gasteiger partial charge < -0.3 is 13.4 Å². The number of rotatable bonds is 9. The molecule has 0 aliphatic rings. The van der Waals surface area contributed by atoms with Crippen molar-refractivity contribution in [1.29, 1.82) is 0 Å². The zero-order chi connectivity index (χ0) is 53.4. The summed E-state index contributed by atoms with van der Waals surface area (Å²) in [5, 5.41) is 6.26. The molecule has 0 atom stereocenters. The summed E-state index contributed by atoms with van der Waals surface area (Å²) < 4.78 is 16.1. The minimum atomic E-state index is 0.553. The maximum Gasteiger partial charge on any atom is 0.178 e. The minimum absolute atomic E-state index is 0.553. The van der Waals surface area contributed by atoms with Gasteiger partial charge in [-0.1, -0.05) is 212 Å². The molecule has 6 nitrogen and oxygen atoms in total. The van der Waals surface area contributed by atoms with Crippen molar-refractivity contribution in [2.45, 2.75) is 0 Å². The molecule has 0 radical (unpaired) electrons. The maximum absolute atomic E-state index is 7.13. The van der Waals surface area contributed by atoms with Crippen molar-refractivity contribution in [3.05, 3.63) is 279 Å². The quantitative estimate of drug-likeness (QED) is 0.144. The number of para-hydroxylation sites is 2. The van der Waals surface area contributed by atoms with E-state index in [1.54, 1.807) is 0 Å². The lowest BCUT2D eigenvalue weighted by atomic mass is 9.92. The van der Waals surface area contributed by atoms with Gasteiger partial charge in [-0.25, -0.2) is 15.0 Å². The zero-order valence-electron chi connectivity index (χ0n) is 43.7. The second kappa shape index (κ2) is 18.9. The van der Waals surface area contributed by atoms with E-state index in [1.165, 1.54) is 0 Å². The monoisotopic (exact) mass is 1030 g/mol. The van der Waals surface area contributed by atoms with Gasteiger partial charge in [0.15, 0.2) is 28.6 Å². The van der Waals surface area contributed by atoms with Gasteiger partial charge in [-0.2, -0.15) is 0 Å². The van der Waals surface area contributed by atoms with Crippen LogP contribution in [0.5, 0.6) is 0 Å². The largest absolute Gasteiger partial charge is 0.452 e. The third-order valence-electron chi connectivity index (χ3n) is 15.8. The van der Waals surface area contributed by atoms with Crippen LogP contribution in [-0.2, 0) is 0 Å². The van der Waals surface area contributed by atoms with E-state index in [0.29, 0.717) is 17.5 Å². The molecule has 0 unspecified atom stereocenters. The Bertz CT molecular complexity index is 4950.